The number of rotatable bonds is 2. The molecule has 15 heavy (non-hydrogen) atoms. The zero-order valence-electron chi connectivity index (χ0n) is 9.92. The molecule has 1 amide bonds. The Morgan fingerprint density at radius 3 is 2.40 bits per heavy atom. The molecule has 1 aromatic carbocycles. The van der Waals surface area contributed by atoms with E-state index in [1.807, 2.05) is 26.0 Å². The lowest BCUT2D eigenvalue weighted by Gasteiger charge is -2.20. The second-order valence-corrected chi connectivity index (χ2v) is 3.71. The fraction of sp³-hybridized carbons (Fsp3) is 0.417. The van der Waals surface area contributed by atoms with Crippen molar-refractivity contribution in [3.05, 3.63) is 23.3 Å². The van der Waals surface area contributed by atoms with Crippen LogP contribution < -0.4 is 9.64 Å². The lowest BCUT2D eigenvalue weighted by molar-refractivity contribution is -0.116. The Morgan fingerprint density at radius 2 is 1.93 bits per heavy atom. The predicted octanol–water partition coefficient (Wildman–Crippen LogP) is 2.29. The molecule has 0 saturated heterocycles. The normalized spacial score (nSPS) is 9.93. The minimum Gasteiger partial charge on any atom is -0.494 e. The van der Waals surface area contributed by atoms with Crippen LogP contribution in [0.1, 0.15) is 18.1 Å². The van der Waals surface area contributed by atoms with Gasteiger partial charge in [0.25, 0.3) is 0 Å². The van der Waals surface area contributed by atoms with Crippen molar-refractivity contribution in [2.75, 3.05) is 19.1 Å². The number of carbonyl (C=O) groups excluding carboxylic acids is 1. The minimum atomic E-state index is -0.00157. The van der Waals surface area contributed by atoms with E-state index in [0.29, 0.717) is 0 Å². The minimum absolute atomic E-state index is 0.00157. The summed E-state index contributed by atoms with van der Waals surface area (Å²) in [6, 6.07) is 3.99. The quantitative estimate of drug-likeness (QED) is 0.744. The van der Waals surface area contributed by atoms with Crippen LogP contribution >= 0.6 is 0 Å². The first-order chi connectivity index (χ1) is 6.97. The van der Waals surface area contributed by atoms with Crippen molar-refractivity contribution in [3.63, 3.8) is 0 Å². The number of ether oxygens (including phenoxy) is 1. The highest BCUT2D eigenvalue weighted by Crippen LogP contribution is 2.32. The summed E-state index contributed by atoms with van der Waals surface area (Å²) in [7, 11) is 3.37. The molecule has 3 nitrogen and oxygen atoms in total. The van der Waals surface area contributed by atoms with Crippen LogP contribution in [0.25, 0.3) is 0 Å². The first-order valence-electron chi connectivity index (χ1n) is 4.87. The second kappa shape index (κ2) is 4.34. The summed E-state index contributed by atoms with van der Waals surface area (Å²) in [5.74, 6) is 0.761. The molecule has 1 aromatic rings. The van der Waals surface area contributed by atoms with Crippen molar-refractivity contribution in [1.29, 1.82) is 0 Å². The number of anilines is 1. The number of amides is 1. The molecule has 0 spiro atoms. The van der Waals surface area contributed by atoms with E-state index >= 15 is 0 Å². The monoisotopic (exact) mass is 207 g/mol. The maximum absolute atomic E-state index is 11.3. The molecule has 0 heterocycles. The molecule has 0 radical (unpaired) electrons. The Morgan fingerprint density at radius 1 is 1.33 bits per heavy atom. The van der Waals surface area contributed by atoms with Crippen molar-refractivity contribution in [3.8, 4) is 5.75 Å². The van der Waals surface area contributed by atoms with Crippen molar-refractivity contribution >= 4 is 11.6 Å². The Kier molecular flexibility index (Phi) is 3.35. The molecule has 1 rings (SSSR count). The molecule has 82 valence electrons. The summed E-state index contributed by atoms with van der Waals surface area (Å²) in [6.45, 7) is 5.52. The lowest BCUT2D eigenvalue weighted by atomic mass is 10.1. The fourth-order valence-corrected chi connectivity index (χ4v) is 1.62. The number of methoxy groups -OCH3 is 1. The van der Waals surface area contributed by atoms with Crippen molar-refractivity contribution in [2.45, 2.75) is 20.8 Å². The smallest absolute Gasteiger partial charge is 0.223 e. The zero-order valence-corrected chi connectivity index (χ0v) is 9.92. The Balaban J connectivity index is 3.32. The Labute approximate surface area is 90.7 Å². The van der Waals surface area contributed by atoms with E-state index in [9.17, 15) is 4.79 Å². The van der Waals surface area contributed by atoms with Gasteiger partial charge in [-0.2, -0.15) is 0 Å². The molecule has 0 saturated carbocycles. The number of hydrogen-bond donors (Lipinski definition) is 0. The molecule has 3 heteroatoms. The fourth-order valence-electron chi connectivity index (χ4n) is 1.62. The van der Waals surface area contributed by atoms with Crippen molar-refractivity contribution in [2.24, 2.45) is 0 Å². The van der Waals surface area contributed by atoms with Crippen LogP contribution in [-0.4, -0.2) is 20.1 Å². The summed E-state index contributed by atoms with van der Waals surface area (Å²) in [5, 5.41) is 0. The molecule has 0 aliphatic rings. The van der Waals surface area contributed by atoms with E-state index in [1.54, 1.807) is 19.1 Å². The highest BCUT2D eigenvalue weighted by Gasteiger charge is 2.14. The van der Waals surface area contributed by atoms with E-state index in [2.05, 4.69) is 0 Å². The first-order valence-corrected chi connectivity index (χ1v) is 4.87. The topological polar surface area (TPSA) is 29.5 Å². The Hall–Kier alpha value is -1.51. The SMILES string of the molecule is COc1c(C)cc(C)cc1N(C)C(C)=O. The highest BCUT2D eigenvalue weighted by atomic mass is 16.5. The van der Waals surface area contributed by atoms with Gasteiger partial charge >= 0.3 is 0 Å². The molecule has 0 aliphatic carbocycles. The summed E-state index contributed by atoms with van der Waals surface area (Å²) >= 11 is 0. The van der Waals surface area contributed by atoms with Crippen LogP contribution in [0.5, 0.6) is 5.75 Å². The second-order valence-electron chi connectivity index (χ2n) is 3.71. The van der Waals surface area contributed by atoms with Gasteiger partial charge in [0.05, 0.1) is 12.8 Å². The first kappa shape index (κ1) is 11.6. The molecule has 0 N–H and O–H groups in total. The molecule has 0 aliphatic heterocycles. The number of aryl methyl sites for hydroxylation is 2. The number of carbonyl (C=O) groups is 1. The molecule has 0 aromatic heterocycles. The molecule has 0 atom stereocenters. The molecule has 0 bridgehead atoms. The van der Waals surface area contributed by atoms with Crippen molar-refractivity contribution in [1.82, 2.24) is 0 Å². The van der Waals surface area contributed by atoms with Gasteiger partial charge in [-0.1, -0.05) is 6.07 Å². The molecule has 0 fully saturated rings. The van der Waals surface area contributed by atoms with Gasteiger partial charge in [0.1, 0.15) is 5.75 Å². The highest BCUT2D eigenvalue weighted by molar-refractivity contribution is 5.93. The largest absolute Gasteiger partial charge is 0.494 e. The van der Waals surface area contributed by atoms with E-state index in [-0.39, 0.29) is 5.91 Å². The summed E-state index contributed by atoms with van der Waals surface area (Å²) in [5.41, 5.74) is 2.99. The van der Waals surface area contributed by atoms with Crippen LogP contribution in [-0.2, 0) is 4.79 Å². The zero-order chi connectivity index (χ0) is 11.6. The summed E-state index contributed by atoms with van der Waals surface area (Å²) in [4.78, 5) is 12.9. The van der Waals surface area contributed by atoms with Gasteiger partial charge < -0.3 is 9.64 Å². The van der Waals surface area contributed by atoms with Crippen LogP contribution in [0.3, 0.4) is 0 Å². The number of hydrogen-bond acceptors (Lipinski definition) is 2. The molecular formula is C12H17NO2. The van der Waals surface area contributed by atoms with Gasteiger partial charge in [-0.15, -0.1) is 0 Å². The third-order valence-electron chi connectivity index (χ3n) is 2.44. The maximum atomic E-state index is 11.3. The predicted molar refractivity (Wildman–Crippen MR) is 61.6 cm³/mol. The molecule has 0 unspecified atom stereocenters. The third-order valence-corrected chi connectivity index (χ3v) is 2.44. The number of nitrogens with zero attached hydrogens (tertiary/aromatic N) is 1. The van der Waals surface area contributed by atoms with Crippen LogP contribution in [0, 0.1) is 13.8 Å². The van der Waals surface area contributed by atoms with Gasteiger partial charge in [-0.25, -0.2) is 0 Å². The van der Waals surface area contributed by atoms with Gasteiger partial charge in [-0.3, -0.25) is 4.79 Å². The van der Waals surface area contributed by atoms with Gasteiger partial charge in [0.2, 0.25) is 5.91 Å². The standard InChI is InChI=1S/C12H17NO2/c1-8-6-9(2)12(15-5)11(7-8)13(4)10(3)14/h6-7H,1-5H3. The maximum Gasteiger partial charge on any atom is 0.223 e. The average Bonchev–Trinajstić information content (AvgIpc) is 2.15. The third kappa shape index (κ3) is 2.29. The van der Waals surface area contributed by atoms with Crippen LogP contribution in [0.2, 0.25) is 0 Å². The lowest BCUT2D eigenvalue weighted by Crippen LogP contribution is -2.23. The number of benzene rings is 1. The average molecular weight is 207 g/mol. The van der Waals surface area contributed by atoms with Gasteiger partial charge in [0, 0.05) is 14.0 Å². The van der Waals surface area contributed by atoms with E-state index in [0.717, 1.165) is 22.6 Å². The van der Waals surface area contributed by atoms with E-state index in [1.165, 1.54) is 6.92 Å². The van der Waals surface area contributed by atoms with E-state index < -0.39 is 0 Å². The summed E-state index contributed by atoms with van der Waals surface area (Å²) in [6.07, 6.45) is 0. The van der Waals surface area contributed by atoms with Crippen molar-refractivity contribution < 1.29 is 9.53 Å². The van der Waals surface area contributed by atoms with Crippen LogP contribution in [0.15, 0.2) is 12.1 Å². The summed E-state index contributed by atoms with van der Waals surface area (Å²) < 4.78 is 5.31. The van der Waals surface area contributed by atoms with Gasteiger partial charge in [-0.05, 0) is 31.0 Å². The van der Waals surface area contributed by atoms with E-state index in [4.69, 9.17) is 4.74 Å². The Bertz CT molecular complexity index is 385. The van der Waals surface area contributed by atoms with Gasteiger partial charge in [0.15, 0.2) is 0 Å². The molecular weight excluding hydrogens is 190 g/mol. The van der Waals surface area contributed by atoms with Crippen LogP contribution in [0.4, 0.5) is 5.69 Å².